The highest BCUT2D eigenvalue weighted by Gasteiger charge is 2.22. The molecular formula is C26H32Cl2N4OS. The number of benzene rings is 1. The van der Waals surface area contributed by atoms with Crippen LogP contribution in [0.2, 0.25) is 0 Å². The third-order valence-electron chi connectivity index (χ3n) is 6.58. The van der Waals surface area contributed by atoms with Gasteiger partial charge in [0.1, 0.15) is 5.65 Å². The topological polar surface area (TPSA) is 49.6 Å². The number of amides is 1. The summed E-state index contributed by atoms with van der Waals surface area (Å²) in [6.45, 7) is 6.19. The molecule has 5 rings (SSSR count). The Balaban J connectivity index is 0.00000162. The van der Waals surface area contributed by atoms with Gasteiger partial charge in [-0.1, -0.05) is 48.2 Å². The van der Waals surface area contributed by atoms with Gasteiger partial charge in [-0.15, -0.1) is 24.8 Å². The molecule has 1 N–H and O–H groups in total. The van der Waals surface area contributed by atoms with Gasteiger partial charge in [0.15, 0.2) is 0 Å². The second-order valence-electron chi connectivity index (χ2n) is 8.74. The van der Waals surface area contributed by atoms with Gasteiger partial charge in [-0.05, 0) is 81.9 Å². The van der Waals surface area contributed by atoms with E-state index in [1.807, 2.05) is 31.2 Å². The maximum Gasteiger partial charge on any atom is 0.258 e. The molecule has 4 heterocycles. The molecule has 0 radical (unpaired) electrons. The number of piperidine rings is 1. The summed E-state index contributed by atoms with van der Waals surface area (Å²) in [5, 5.41) is 4.16. The van der Waals surface area contributed by atoms with Crippen molar-refractivity contribution in [3.05, 3.63) is 70.4 Å². The molecule has 0 atom stereocenters. The molecule has 5 nitrogen and oxygen atoms in total. The fraction of sp³-hybridized carbons (Fsp3) is 0.385. The lowest BCUT2D eigenvalue weighted by molar-refractivity contribution is -0.116. The highest BCUT2D eigenvalue weighted by Crippen LogP contribution is 2.35. The lowest BCUT2D eigenvalue weighted by Gasteiger charge is -2.32. The molecule has 182 valence electrons. The maximum atomic E-state index is 12.8. The lowest BCUT2D eigenvalue weighted by atomic mass is 9.89. The highest BCUT2D eigenvalue weighted by molar-refractivity contribution is 8.04. The summed E-state index contributed by atoms with van der Waals surface area (Å²) in [4.78, 5) is 20.7. The van der Waals surface area contributed by atoms with Gasteiger partial charge in [0.25, 0.3) is 5.91 Å². The SMILES string of the molecule is Cc1nc2cccc3n2c1C=C(C(=O)NCCCCN1CCC(c2ccccc2)CC1)S3.Cl.Cl. The van der Waals surface area contributed by atoms with Crippen LogP contribution in [0, 0.1) is 6.92 Å². The average molecular weight is 520 g/mol. The van der Waals surface area contributed by atoms with Gasteiger partial charge in [-0.2, -0.15) is 0 Å². The van der Waals surface area contributed by atoms with Crippen LogP contribution in [0.15, 0.2) is 58.5 Å². The van der Waals surface area contributed by atoms with E-state index in [0.29, 0.717) is 5.92 Å². The Morgan fingerprint density at radius 3 is 2.59 bits per heavy atom. The normalized spacial score (nSPS) is 15.9. The molecule has 34 heavy (non-hydrogen) atoms. The van der Waals surface area contributed by atoms with Crippen LogP contribution in [0.25, 0.3) is 11.7 Å². The van der Waals surface area contributed by atoms with Crippen LogP contribution in [0.1, 0.15) is 48.6 Å². The first-order chi connectivity index (χ1) is 15.7. The lowest BCUT2D eigenvalue weighted by Crippen LogP contribution is -2.34. The molecule has 0 spiro atoms. The van der Waals surface area contributed by atoms with Crippen LogP contribution >= 0.6 is 36.6 Å². The summed E-state index contributed by atoms with van der Waals surface area (Å²) in [6.07, 6.45) is 6.59. The van der Waals surface area contributed by atoms with Crippen LogP contribution in [-0.4, -0.2) is 46.4 Å². The van der Waals surface area contributed by atoms with E-state index in [4.69, 9.17) is 0 Å². The van der Waals surface area contributed by atoms with E-state index in [9.17, 15) is 4.79 Å². The van der Waals surface area contributed by atoms with Crippen LogP contribution in [-0.2, 0) is 4.79 Å². The van der Waals surface area contributed by atoms with Crippen molar-refractivity contribution in [2.75, 3.05) is 26.2 Å². The summed E-state index contributed by atoms with van der Waals surface area (Å²) in [7, 11) is 0. The van der Waals surface area contributed by atoms with Gasteiger partial charge in [-0.3, -0.25) is 9.20 Å². The third-order valence-corrected chi connectivity index (χ3v) is 7.63. The largest absolute Gasteiger partial charge is 0.352 e. The van der Waals surface area contributed by atoms with Crippen molar-refractivity contribution in [1.82, 2.24) is 19.6 Å². The first-order valence-electron chi connectivity index (χ1n) is 11.6. The molecule has 8 heteroatoms. The number of imidazole rings is 1. The number of aryl methyl sites for hydroxylation is 1. The molecular weight excluding hydrogens is 487 g/mol. The summed E-state index contributed by atoms with van der Waals surface area (Å²) >= 11 is 1.52. The van der Waals surface area contributed by atoms with Gasteiger partial charge in [0, 0.05) is 6.54 Å². The number of hydrogen-bond acceptors (Lipinski definition) is 4. The molecule has 3 aromatic rings. The maximum absolute atomic E-state index is 12.8. The number of carbonyl (C=O) groups is 1. The van der Waals surface area contributed by atoms with Crippen molar-refractivity contribution >= 4 is 54.2 Å². The van der Waals surface area contributed by atoms with E-state index in [0.717, 1.165) is 52.9 Å². The number of likely N-dealkylation sites (tertiary alicyclic amines) is 1. The number of thioether (sulfide) groups is 1. The molecule has 0 unspecified atom stereocenters. The Morgan fingerprint density at radius 2 is 1.82 bits per heavy atom. The molecule has 1 aromatic carbocycles. The number of pyridine rings is 1. The Morgan fingerprint density at radius 1 is 1.06 bits per heavy atom. The molecule has 2 aliphatic heterocycles. The van der Waals surface area contributed by atoms with Crippen molar-refractivity contribution in [2.24, 2.45) is 0 Å². The number of rotatable bonds is 7. The second-order valence-corrected chi connectivity index (χ2v) is 9.80. The summed E-state index contributed by atoms with van der Waals surface area (Å²) < 4.78 is 2.12. The van der Waals surface area contributed by atoms with Crippen LogP contribution < -0.4 is 5.32 Å². The van der Waals surface area contributed by atoms with Gasteiger partial charge in [0.05, 0.1) is 21.3 Å². The van der Waals surface area contributed by atoms with Crippen molar-refractivity contribution < 1.29 is 4.79 Å². The number of nitrogens with one attached hydrogen (secondary N) is 1. The second kappa shape index (κ2) is 12.1. The van der Waals surface area contributed by atoms with Gasteiger partial charge >= 0.3 is 0 Å². The number of unbranched alkanes of at least 4 members (excludes halogenated alkanes) is 1. The summed E-state index contributed by atoms with van der Waals surface area (Å²) in [5.74, 6) is 0.723. The van der Waals surface area contributed by atoms with Crippen molar-refractivity contribution in [1.29, 1.82) is 0 Å². The predicted octanol–water partition coefficient (Wildman–Crippen LogP) is 5.71. The number of hydrogen-bond donors (Lipinski definition) is 1. The van der Waals surface area contributed by atoms with Crippen LogP contribution in [0.5, 0.6) is 0 Å². The van der Waals surface area contributed by atoms with Crippen LogP contribution in [0.3, 0.4) is 0 Å². The quantitative estimate of drug-likeness (QED) is 0.407. The van der Waals surface area contributed by atoms with E-state index in [-0.39, 0.29) is 30.7 Å². The Hall–Kier alpha value is -1.99. The van der Waals surface area contributed by atoms with E-state index in [2.05, 4.69) is 49.9 Å². The number of halogens is 2. The minimum absolute atomic E-state index is 0. The fourth-order valence-electron chi connectivity index (χ4n) is 4.79. The molecule has 0 aliphatic carbocycles. The molecule has 2 aliphatic rings. The fourth-order valence-corrected chi connectivity index (χ4v) is 5.78. The van der Waals surface area contributed by atoms with E-state index >= 15 is 0 Å². The molecule has 2 aromatic heterocycles. The zero-order valence-corrected chi connectivity index (χ0v) is 21.9. The zero-order valence-electron chi connectivity index (χ0n) is 19.4. The summed E-state index contributed by atoms with van der Waals surface area (Å²) in [5.41, 5.74) is 4.39. The standard InChI is InChI=1S/C26H30N4OS.2ClH/c1-19-22-18-23(32-25-11-7-10-24(28-19)30(22)25)26(31)27-14-5-6-15-29-16-12-21(13-17-29)20-8-3-2-4-9-20;;/h2-4,7-11,18,21H,5-6,12-17H2,1H3,(H,27,31);2*1H. The van der Waals surface area contributed by atoms with Crippen LogP contribution in [0.4, 0.5) is 0 Å². The monoisotopic (exact) mass is 518 g/mol. The third kappa shape index (κ3) is 5.80. The minimum Gasteiger partial charge on any atom is -0.352 e. The average Bonchev–Trinajstić information content (AvgIpc) is 3.16. The van der Waals surface area contributed by atoms with Gasteiger partial charge in [0.2, 0.25) is 0 Å². The number of aromatic nitrogens is 2. The first-order valence-corrected chi connectivity index (χ1v) is 12.4. The molecule has 1 saturated heterocycles. The van der Waals surface area contributed by atoms with Crippen molar-refractivity contribution in [3.8, 4) is 0 Å². The Bertz CT molecular complexity index is 1140. The molecule has 0 saturated carbocycles. The smallest absolute Gasteiger partial charge is 0.258 e. The number of carbonyl (C=O) groups excluding carboxylic acids is 1. The van der Waals surface area contributed by atoms with E-state index in [1.165, 1.54) is 43.3 Å². The zero-order chi connectivity index (χ0) is 21.9. The molecule has 0 bridgehead atoms. The van der Waals surface area contributed by atoms with Gasteiger partial charge in [-0.25, -0.2) is 4.98 Å². The van der Waals surface area contributed by atoms with E-state index in [1.54, 1.807) is 0 Å². The first kappa shape index (κ1) is 26.6. The van der Waals surface area contributed by atoms with Crippen molar-refractivity contribution in [2.45, 2.75) is 43.6 Å². The van der Waals surface area contributed by atoms with Gasteiger partial charge < -0.3 is 10.2 Å². The van der Waals surface area contributed by atoms with E-state index < -0.39 is 0 Å². The van der Waals surface area contributed by atoms with Crippen molar-refractivity contribution in [3.63, 3.8) is 0 Å². The Kier molecular flexibility index (Phi) is 9.48. The number of nitrogens with zero attached hydrogens (tertiary/aromatic N) is 3. The summed E-state index contributed by atoms with van der Waals surface area (Å²) in [6, 6.07) is 17.0. The minimum atomic E-state index is 0. The Labute approximate surface area is 218 Å². The highest BCUT2D eigenvalue weighted by atomic mass is 35.5. The molecule has 1 fully saturated rings. The molecule has 1 amide bonds. The predicted molar refractivity (Wildman–Crippen MR) is 145 cm³/mol.